The summed E-state index contributed by atoms with van der Waals surface area (Å²) < 4.78 is 13.1. The second-order valence-electron chi connectivity index (χ2n) is 7.71. The summed E-state index contributed by atoms with van der Waals surface area (Å²) in [6.07, 6.45) is 2.21. The molecule has 0 unspecified atom stereocenters. The number of rotatable bonds is 5. The van der Waals surface area contributed by atoms with Gasteiger partial charge in [0, 0.05) is 11.3 Å². The molecule has 1 heterocycles. The molecule has 4 rings (SSSR count). The molecule has 0 aromatic heterocycles. The minimum Gasteiger partial charge on any atom is -0.478 e. The molecule has 1 aliphatic rings. The zero-order valence-corrected chi connectivity index (χ0v) is 16.9. The highest BCUT2D eigenvalue weighted by Crippen LogP contribution is 2.30. The first kappa shape index (κ1) is 20.8. The van der Waals surface area contributed by atoms with E-state index in [1.54, 1.807) is 12.1 Å². The van der Waals surface area contributed by atoms with E-state index in [-0.39, 0.29) is 11.1 Å². The molecule has 1 amide bonds. The maximum absolute atomic E-state index is 13.1. The first-order valence-corrected chi connectivity index (χ1v) is 10.3. The average molecular weight is 418 g/mol. The number of piperidine rings is 1. The first-order chi connectivity index (χ1) is 15.0. The molecular formula is C25H23FN2O3. The Morgan fingerprint density at radius 3 is 2.19 bits per heavy atom. The van der Waals surface area contributed by atoms with Crippen LogP contribution in [0.3, 0.4) is 0 Å². The van der Waals surface area contributed by atoms with Crippen LogP contribution in [0.5, 0.6) is 0 Å². The largest absolute Gasteiger partial charge is 0.478 e. The van der Waals surface area contributed by atoms with Gasteiger partial charge in [0.2, 0.25) is 0 Å². The molecule has 5 nitrogen and oxygen atoms in total. The number of halogens is 1. The van der Waals surface area contributed by atoms with Crippen LogP contribution in [0.4, 0.5) is 10.1 Å². The molecule has 6 heteroatoms. The molecule has 1 aliphatic heterocycles. The van der Waals surface area contributed by atoms with Gasteiger partial charge in [0.05, 0.1) is 5.56 Å². The Morgan fingerprint density at radius 2 is 1.55 bits per heavy atom. The van der Waals surface area contributed by atoms with Gasteiger partial charge < -0.3 is 15.7 Å². The fourth-order valence-corrected chi connectivity index (χ4v) is 3.90. The monoisotopic (exact) mass is 418 g/mol. The Hall–Kier alpha value is -3.51. The van der Waals surface area contributed by atoms with Crippen molar-refractivity contribution >= 4 is 17.6 Å². The van der Waals surface area contributed by atoms with Gasteiger partial charge in [0.1, 0.15) is 5.82 Å². The lowest BCUT2D eigenvalue weighted by Gasteiger charge is -2.23. The fourth-order valence-electron chi connectivity index (χ4n) is 3.90. The molecule has 158 valence electrons. The van der Waals surface area contributed by atoms with Gasteiger partial charge in [-0.15, -0.1) is 0 Å². The average Bonchev–Trinajstić information content (AvgIpc) is 2.80. The zero-order chi connectivity index (χ0) is 21.8. The number of carbonyl (C=O) groups excluding carboxylic acids is 1. The molecule has 1 saturated heterocycles. The van der Waals surface area contributed by atoms with Crippen molar-refractivity contribution in [3.8, 4) is 11.1 Å². The number of aromatic carboxylic acids is 1. The molecular weight excluding hydrogens is 395 g/mol. The van der Waals surface area contributed by atoms with E-state index in [1.807, 2.05) is 12.1 Å². The van der Waals surface area contributed by atoms with Gasteiger partial charge in [-0.25, -0.2) is 9.18 Å². The Balaban J connectivity index is 1.60. The van der Waals surface area contributed by atoms with E-state index in [2.05, 4.69) is 22.8 Å². The second-order valence-corrected chi connectivity index (χ2v) is 7.71. The van der Waals surface area contributed by atoms with Crippen LogP contribution in [-0.2, 0) is 0 Å². The standard InChI is InChI=1S/C25H23FN2O3/c26-22-7-5-19(6-8-22)24(29)28-23-14-20(13-21(15-23)25(30)31)17-3-1-16(2-4-17)18-9-11-27-12-10-18/h1-8,13-15,18,27H,9-12H2,(H,28,29)(H,30,31). The molecule has 0 aliphatic carbocycles. The van der Waals surface area contributed by atoms with Gasteiger partial charge >= 0.3 is 5.97 Å². The van der Waals surface area contributed by atoms with Crippen LogP contribution >= 0.6 is 0 Å². The molecule has 0 radical (unpaired) electrons. The van der Waals surface area contributed by atoms with E-state index in [9.17, 15) is 19.1 Å². The first-order valence-electron chi connectivity index (χ1n) is 10.3. The van der Waals surface area contributed by atoms with Crippen LogP contribution in [-0.4, -0.2) is 30.1 Å². The Bertz CT molecular complexity index is 1090. The Labute approximate surface area is 179 Å². The van der Waals surface area contributed by atoms with Crippen molar-refractivity contribution in [1.29, 1.82) is 0 Å². The maximum Gasteiger partial charge on any atom is 0.335 e. The summed E-state index contributed by atoms with van der Waals surface area (Å²) >= 11 is 0. The Morgan fingerprint density at radius 1 is 0.871 bits per heavy atom. The van der Waals surface area contributed by atoms with Gasteiger partial charge in [-0.1, -0.05) is 24.3 Å². The van der Waals surface area contributed by atoms with Gasteiger partial charge in [0.15, 0.2) is 0 Å². The number of carboxylic acid groups (broad SMARTS) is 1. The summed E-state index contributed by atoms with van der Waals surface area (Å²) in [6.45, 7) is 2.04. The van der Waals surface area contributed by atoms with Crippen molar-refractivity contribution in [1.82, 2.24) is 5.32 Å². The zero-order valence-electron chi connectivity index (χ0n) is 16.9. The third-order valence-electron chi connectivity index (χ3n) is 5.60. The van der Waals surface area contributed by atoms with Gasteiger partial charge in [-0.3, -0.25) is 4.79 Å². The van der Waals surface area contributed by atoms with Crippen LogP contribution in [0.1, 0.15) is 45.0 Å². The molecule has 3 aromatic rings. The van der Waals surface area contributed by atoms with E-state index >= 15 is 0 Å². The predicted molar refractivity (Wildman–Crippen MR) is 118 cm³/mol. The lowest BCUT2D eigenvalue weighted by atomic mass is 9.89. The number of carboxylic acids is 1. The number of benzene rings is 3. The topological polar surface area (TPSA) is 78.4 Å². The van der Waals surface area contributed by atoms with E-state index in [0.717, 1.165) is 31.5 Å². The van der Waals surface area contributed by atoms with Crippen molar-refractivity contribution < 1.29 is 19.1 Å². The normalized spacial score (nSPS) is 14.2. The van der Waals surface area contributed by atoms with Crippen molar-refractivity contribution in [2.75, 3.05) is 18.4 Å². The van der Waals surface area contributed by atoms with Crippen LogP contribution in [0.15, 0.2) is 66.7 Å². The molecule has 3 N–H and O–H groups in total. The lowest BCUT2D eigenvalue weighted by molar-refractivity contribution is 0.0696. The minimum atomic E-state index is -1.08. The molecule has 0 saturated carbocycles. The minimum absolute atomic E-state index is 0.0781. The quantitative estimate of drug-likeness (QED) is 0.550. The van der Waals surface area contributed by atoms with Crippen molar-refractivity contribution in [3.63, 3.8) is 0 Å². The van der Waals surface area contributed by atoms with Crippen molar-refractivity contribution in [2.24, 2.45) is 0 Å². The van der Waals surface area contributed by atoms with Crippen molar-refractivity contribution in [3.05, 3.63) is 89.2 Å². The van der Waals surface area contributed by atoms with E-state index in [1.165, 1.54) is 35.9 Å². The fraction of sp³-hybridized carbons (Fsp3) is 0.200. The molecule has 1 fully saturated rings. The predicted octanol–water partition coefficient (Wildman–Crippen LogP) is 4.91. The SMILES string of the molecule is O=C(O)c1cc(NC(=O)c2ccc(F)cc2)cc(-c2ccc(C3CCNCC3)cc2)c1. The lowest BCUT2D eigenvalue weighted by Crippen LogP contribution is -2.26. The van der Waals surface area contributed by atoms with E-state index in [0.29, 0.717) is 17.2 Å². The third-order valence-corrected chi connectivity index (χ3v) is 5.60. The number of nitrogens with one attached hydrogen (secondary N) is 2. The number of anilines is 1. The summed E-state index contributed by atoms with van der Waals surface area (Å²) in [6, 6.07) is 18.1. The van der Waals surface area contributed by atoms with Crippen LogP contribution in [0, 0.1) is 5.82 Å². The summed E-state index contributed by atoms with van der Waals surface area (Å²) in [5, 5.41) is 15.6. The smallest absolute Gasteiger partial charge is 0.335 e. The number of hydrogen-bond donors (Lipinski definition) is 3. The summed E-state index contributed by atoms with van der Waals surface area (Å²) in [7, 11) is 0. The highest BCUT2D eigenvalue weighted by atomic mass is 19.1. The molecule has 0 atom stereocenters. The Kier molecular flexibility index (Phi) is 6.09. The van der Waals surface area contributed by atoms with Crippen LogP contribution in [0.2, 0.25) is 0 Å². The van der Waals surface area contributed by atoms with Crippen LogP contribution < -0.4 is 10.6 Å². The molecule has 0 spiro atoms. The van der Waals surface area contributed by atoms with Gasteiger partial charge in [-0.05, 0) is 91.0 Å². The maximum atomic E-state index is 13.1. The summed E-state index contributed by atoms with van der Waals surface area (Å²) in [4.78, 5) is 24.1. The van der Waals surface area contributed by atoms with E-state index in [4.69, 9.17) is 0 Å². The summed E-state index contributed by atoms with van der Waals surface area (Å²) in [5.74, 6) is -1.41. The number of amides is 1. The number of carbonyl (C=O) groups is 2. The number of hydrogen-bond acceptors (Lipinski definition) is 3. The van der Waals surface area contributed by atoms with Gasteiger partial charge in [-0.2, -0.15) is 0 Å². The van der Waals surface area contributed by atoms with Crippen molar-refractivity contribution in [2.45, 2.75) is 18.8 Å². The second kappa shape index (κ2) is 9.10. The highest BCUT2D eigenvalue weighted by molar-refractivity contribution is 6.05. The molecule has 3 aromatic carbocycles. The van der Waals surface area contributed by atoms with E-state index < -0.39 is 17.7 Å². The van der Waals surface area contributed by atoms with Gasteiger partial charge in [0.25, 0.3) is 5.91 Å². The highest BCUT2D eigenvalue weighted by Gasteiger charge is 2.16. The molecule has 0 bridgehead atoms. The molecule has 31 heavy (non-hydrogen) atoms. The third kappa shape index (κ3) is 4.98. The van der Waals surface area contributed by atoms with Crippen LogP contribution in [0.25, 0.3) is 11.1 Å². The summed E-state index contributed by atoms with van der Waals surface area (Å²) in [5.41, 5.74) is 3.59.